The van der Waals surface area contributed by atoms with E-state index in [0.29, 0.717) is 30.5 Å². The lowest BCUT2D eigenvalue weighted by atomic mass is 10.1. The van der Waals surface area contributed by atoms with Crippen molar-refractivity contribution in [3.8, 4) is 17.1 Å². The molecule has 29 heavy (non-hydrogen) atoms. The molecule has 0 atom stereocenters. The molecular formula is C22H23F2N3O2. The van der Waals surface area contributed by atoms with Crippen LogP contribution in [0.2, 0.25) is 0 Å². The summed E-state index contributed by atoms with van der Waals surface area (Å²) in [5, 5.41) is 0. The molecule has 0 amide bonds. The molecule has 0 aliphatic carbocycles. The first-order valence-electron chi connectivity index (χ1n) is 9.58. The zero-order valence-electron chi connectivity index (χ0n) is 16.3. The van der Waals surface area contributed by atoms with Crippen LogP contribution in [0, 0.1) is 11.6 Å². The zero-order chi connectivity index (χ0) is 20.2. The highest BCUT2D eigenvalue weighted by molar-refractivity contribution is 5.55. The Morgan fingerprint density at radius 1 is 0.931 bits per heavy atom. The molecule has 0 radical (unpaired) electrons. The fourth-order valence-electron chi connectivity index (χ4n) is 3.54. The number of rotatable bonds is 6. The summed E-state index contributed by atoms with van der Waals surface area (Å²) < 4.78 is 37.8. The van der Waals surface area contributed by atoms with Crippen LogP contribution in [-0.2, 0) is 13.1 Å². The molecule has 2 heterocycles. The number of nitrogens with zero attached hydrogens (tertiary/aromatic N) is 3. The first-order valence-corrected chi connectivity index (χ1v) is 9.58. The third kappa shape index (κ3) is 4.81. The molecule has 1 aliphatic heterocycles. The second-order valence-corrected chi connectivity index (χ2v) is 7.13. The molecule has 5 nitrogen and oxygen atoms in total. The van der Waals surface area contributed by atoms with E-state index in [0.717, 1.165) is 37.3 Å². The van der Waals surface area contributed by atoms with Crippen LogP contribution in [0.3, 0.4) is 0 Å². The van der Waals surface area contributed by atoms with Gasteiger partial charge in [0, 0.05) is 43.9 Å². The van der Waals surface area contributed by atoms with Crippen molar-refractivity contribution in [3.05, 3.63) is 71.8 Å². The monoisotopic (exact) mass is 399 g/mol. The van der Waals surface area contributed by atoms with Crippen LogP contribution in [-0.4, -0.2) is 48.1 Å². The van der Waals surface area contributed by atoms with Crippen molar-refractivity contribution < 1.29 is 17.9 Å². The van der Waals surface area contributed by atoms with Gasteiger partial charge in [0.05, 0.1) is 19.9 Å². The van der Waals surface area contributed by atoms with Crippen LogP contribution >= 0.6 is 0 Å². The van der Waals surface area contributed by atoms with Gasteiger partial charge in [-0.3, -0.25) is 9.80 Å². The number of halogens is 2. The predicted octanol–water partition coefficient (Wildman–Crippen LogP) is 3.95. The van der Waals surface area contributed by atoms with Crippen LogP contribution in [0.5, 0.6) is 5.75 Å². The Hall–Kier alpha value is -2.77. The third-order valence-electron chi connectivity index (χ3n) is 5.14. The van der Waals surface area contributed by atoms with Crippen LogP contribution in [0.15, 0.2) is 53.1 Å². The van der Waals surface area contributed by atoms with Gasteiger partial charge in [-0.1, -0.05) is 0 Å². The Morgan fingerprint density at radius 2 is 1.59 bits per heavy atom. The summed E-state index contributed by atoms with van der Waals surface area (Å²) in [4.78, 5) is 8.92. The van der Waals surface area contributed by atoms with Crippen molar-refractivity contribution in [3.63, 3.8) is 0 Å². The van der Waals surface area contributed by atoms with E-state index in [4.69, 9.17) is 9.15 Å². The molecule has 1 fully saturated rings. The number of benzene rings is 2. The first-order chi connectivity index (χ1) is 14.1. The van der Waals surface area contributed by atoms with Crippen molar-refractivity contribution in [2.75, 3.05) is 33.3 Å². The molecule has 7 heteroatoms. The second-order valence-electron chi connectivity index (χ2n) is 7.13. The highest BCUT2D eigenvalue weighted by atomic mass is 19.1. The second kappa shape index (κ2) is 8.71. The SMILES string of the molecule is COc1ccc(F)cc1CN1CCN(Cc2ncc(-c3ccc(F)cc3)o2)CC1. The van der Waals surface area contributed by atoms with E-state index in [1.807, 2.05) is 0 Å². The van der Waals surface area contributed by atoms with E-state index >= 15 is 0 Å². The van der Waals surface area contributed by atoms with Gasteiger partial charge in [0.25, 0.3) is 0 Å². The molecule has 1 aliphatic rings. The Bertz CT molecular complexity index is 951. The maximum absolute atomic E-state index is 13.6. The van der Waals surface area contributed by atoms with Crippen molar-refractivity contribution in [2.45, 2.75) is 13.1 Å². The van der Waals surface area contributed by atoms with Crippen molar-refractivity contribution in [1.82, 2.24) is 14.8 Å². The highest BCUT2D eigenvalue weighted by Gasteiger charge is 2.20. The average molecular weight is 399 g/mol. The first kappa shape index (κ1) is 19.5. The predicted molar refractivity (Wildman–Crippen MR) is 105 cm³/mol. The third-order valence-corrected chi connectivity index (χ3v) is 5.14. The van der Waals surface area contributed by atoms with E-state index in [-0.39, 0.29) is 11.6 Å². The van der Waals surface area contributed by atoms with Gasteiger partial charge in [-0.15, -0.1) is 0 Å². The number of aromatic nitrogens is 1. The molecule has 2 aromatic carbocycles. The van der Waals surface area contributed by atoms with Crippen molar-refractivity contribution in [2.24, 2.45) is 0 Å². The minimum Gasteiger partial charge on any atom is -0.496 e. The van der Waals surface area contributed by atoms with Gasteiger partial charge in [-0.2, -0.15) is 0 Å². The van der Waals surface area contributed by atoms with E-state index in [1.165, 1.54) is 24.3 Å². The van der Waals surface area contributed by atoms with Gasteiger partial charge in [0.1, 0.15) is 17.4 Å². The van der Waals surface area contributed by atoms with Gasteiger partial charge in [-0.05, 0) is 42.5 Å². The van der Waals surface area contributed by atoms with Crippen LogP contribution < -0.4 is 4.74 Å². The molecule has 4 rings (SSSR count). The quantitative estimate of drug-likeness (QED) is 0.628. The molecule has 0 unspecified atom stereocenters. The molecule has 0 N–H and O–H groups in total. The zero-order valence-corrected chi connectivity index (χ0v) is 16.3. The number of piperazine rings is 1. The maximum atomic E-state index is 13.6. The lowest BCUT2D eigenvalue weighted by Gasteiger charge is -2.34. The Morgan fingerprint density at radius 3 is 2.28 bits per heavy atom. The lowest BCUT2D eigenvalue weighted by Crippen LogP contribution is -2.45. The summed E-state index contributed by atoms with van der Waals surface area (Å²) >= 11 is 0. The molecule has 1 aromatic heterocycles. The number of hydrogen-bond donors (Lipinski definition) is 0. The minimum atomic E-state index is -0.276. The summed E-state index contributed by atoms with van der Waals surface area (Å²) in [6, 6.07) is 10.8. The summed E-state index contributed by atoms with van der Waals surface area (Å²) in [7, 11) is 1.60. The standard InChI is InChI=1S/C22H23F2N3O2/c1-28-20-7-6-19(24)12-17(20)14-26-8-10-27(11-9-26)15-22-25-13-21(29-22)16-2-4-18(23)5-3-16/h2-7,12-13H,8-11,14-15H2,1H3. The van der Waals surface area contributed by atoms with Gasteiger partial charge in [0.15, 0.2) is 5.76 Å². The molecule has 152 valence electrons. The molecule has 0 saturated carbocycles. The van der Waals surface area contributed by atoms with E-state index in [2.05, 4.69) is 14.8 Å². The number of methoxy groups -OCH3 is 1. The Labute approximate surface area is 168 Å². The summed E-state index contributed by atoms with van der Waals surface area (Å²) in [5.74, 6) is 1.46. The van der Waals surface area contributed by atoms with Gasteiger partial charge in [0.2, 0.25) is 5.89 Å². The summed E-state index contributed by atoms with van der Waals surface area (Å²) in [5.41, 5.74) is 1.66. The minimum absolute atomic E-state index is 0.250. The molecule has 1 saturated heterocycles. The van der Waals surface area contributed by atoms with E-state index in [9.17, 15) is 8.78 Å². The van der Waals surface area contributed by atoms with E-state index < -0.39 is 0 Å². The number of hydrogen-bond acceptors (Lipinski definition) is 5. The fourth-order valence-corrected chi connectivity index (χ4v) is 3.54. The molecule has 0 bridgehead atoms. The van der Waals surface area contributed by atoms with Crippen molar-refractivity contribution >= 4 is 0 Å². The maximum Gasteiger partial charge on any atom is 0.209 e. The summed E-state index contributed by atoms with van der Waals surface area (Å²) in [6.45, 7) is 4.75. The Kier molecular flexibility index (Phi) is 5.87. The molecular weight excluding hydrogens is 376 g/mol. The lowest BCUT2D eigenvalue weighted by molar-refractivity contribution is 0.114. The smallest absolute Gasteiger partial charge is 0.209 e. The van der Waals surface area contributed by atoms with Gasteiger partial charge in [-0.25, -0.2) is 13.8 Å². The van der Waals surface area contributed by atoms with Gasteiger partial charge >= 0.3 is 0 Å². The Balaban J connectivity index is 1.31. The molecule has 3 aromatic rings. The normalized spacial score (nSPS) is 15.6. The van der Waals surface area contributed by atoms with Crippen LogP contribution in [0.4, 0.5) is 8.78 Å². The van der Waals surface area contributed by atoms with Crippen LogP contribution in [0.1, 0.15) is 11.5 Å². The topological polar surface area (TPSA) is 41.7 Å². The highest BCUT2D eigenvalue weighted by Crippen LogP contribution is 2.23. The summed E-state index contributed by atoms with van der Waals surface area (Å²) in [6.07, 6.45) is 1.68. The van der Waals surface area contributed by atoms with Crippen molar-refractivity contribution in [1.29, 1.82) is 0 Å². The van der Waals surface area contributed by atoms with Crippen LogP contribution in [0.25, 0.3) is 11.3 Å². The number of ether oxygens (including phenoxy) is 1. The fraction of sp³-hybridized carbons (Fsp3) is 0.318. The van der Waals surface area contributed by atoms with Gasteiger partial charge < -0.3 is 9.15 Å². The largest absolute Gasteiger partial charge is 0.496 e. The van der Waals surface area contributed by atoms with E-state index in [1.54, 1.807) is 31.5 Å². The molecule has 0 spiro atoms. The number of oxazole rings is 1. The average Bonchev–Trinajstić information content (AvgIpc) is 3.19.